The third-order valence-electron chi connectivity index (χ3n) is 5.29. The molecule has 1 saturated heterocycles. The van der Waals surface area contributed by atoms with Crippen molar-refractivity contribution in [3.63, 3.8) is 0 Å². The molecular weight excluding hydrogens is 362 g/mol. The molecule has 2 amide bonds. The molecule has 0 unspecified atom stereocenters. The molecule has 2 N–H and O–H groups in total. The highest BCUT2D eigenvalue weighted by atomic mass is 16.2. The third kappa shape index (κ3) is 4.57. The SMILES string of the molecule is O=C(CNc1cccc2ccccc12)Nc1ccc(C(=O)N2CCCCC2)cc1. The zero-order chi connectivity index (χ0) is 20.1. The molecule has 5 heteroatoms. The van der Waals surface area contributed by atoms with Crippen LogP contribution in [0.3, 0.4) is 0 Å². The Balaban J connectivity index is 1.34. The lowest BCUT2D eigenvalue weighted by Gasteiger charge is -2.26. The van der Waals surface area contributed by atoms with Gasteiger partial charge in [-0.3, -0.25) is 9.59 Å². The molecular formula is C24H25N3O2. The van der Waals surface area contributed by atoms with Crippen LogP contribution in [0.15, 0.2) is 66.7 Å². The molecule has 0 radical (unpaired) electrons. The third-order valence-corrected chi connectivity index (χ3v) is 5.29. The first kappa shape index (κ1) is 19.0. The molecule has 0 aromatic heterocycles. The van der Waals surface area contributed by atoms with Gasteiger partial charge < -0.3 is 15.5 Å². The average Bonchev–Trinajstić information content (AvgIpc) is 2.78. The van der Waals surface area contributed by atoms with Gasteiger partial charge in [0.05, 0.1) is 6.54 Å². The highest BCUT2D eigenvalue weighted by molar-refractivity contribution is 5.98. The number of piperidine rings is 1. The van der Waals surface area contributed by atoms with Gasteiger partial charge in [0.1, 0.15) is 0 Å². The highest BCUT2D eigenvalue weighted by Gasteiger charge is 2.18. The maximum Gasteiger partial charge on any atom is 0.253 e. The van der Waals surface area contributed by atoms with Crippen LogP contribution in [0.4, 0.5) is 11.4 Å². The van der Waals surface area contributed by atoms with Crippen molar-refractivity contribution in [2.24, 2.45) is 0 Å². The summed E-state index contributed by atoms with van der Waals surface area (Å²) < 4.78 is 0. The number of rotatable bonds is 5. The summed E-state index contributed by atoms with van der Waals surface area (Å²) in [5.74, 6) is -0.0618. The van der Waals surface area contributed by atoms with Crippen LogP contribution in [0.25, 0.3) is 10.8 Å². The normalized spacial score (nSPS) is 13.9. The molecule has 0 bridgehead atoms. The molecule has 1 aliphatic rings. The Hall–Kier alpha value is -3.34. The topological polar surface area (TPSA) is 61.4 Å². The molecule has 4 rings (SSSR count). The Labute approximate surface area is 170 Å². The number of nitrogens with one attached hydrogen (secondary N) is 2. The minimum atomic E-state index is -0.131. The highest BCUT2D eigenvalue weighted by Crippen LogP contribution is 2.22. The van der Waals surface area contributed by atoms with Gasteiger partial charge in [0.15, 0.2) is 0 Å². The Morgan fingerprint density at radius 1 is 0.828 bits per heavy atom. The number of fused-ring (bicyclic) bond motifs is 1. The van der Waals surface area contributed by atoms with Gasteiger partial charge in [-0.1, -0.05) is 36.4 Å². The van der Waals surface area contributed by atoms with E-state index < -0.39 is 0 Å². The smallest absolute Gasteiger partial charge is 0.253 e. The summed E-state index contributed by atoms with van der Waals surface area (Å²) in [5, 5.41) is 8.30. The van der Waals surface area contributed by atoms with Crippen molar-refractivity contribution in [3.8, 4) is 0 Å². The lowest BCUT2D eigenvalue weighted by atomic mass is 10.1. The zero-order valence-corrected chi connectivity index (χ0v) is 16.4. The number of anilines is 2. The predicted molar refractivity (Wildman–Crippen MR) is 117 cm³/mol. The second-order valence-corrected chi connectivity index (χ2v) is 7.36. The first-order valence-electron chi connectivity index (χ1n) is 10.1. The van der Waals surface area contributed by atoms with Crippen LogP contribution in [0.1, 0.15) is 29.6 Å². The van der Waals surface area contributed by atoms with Crippen LogP contribution in [0, 0.1) is 0 Å². The molecule has 0 atom stereocenters. The second-order valence-electron chi connectivity index (χ2n) is 7.36. The van der Waals surface area contributed by atoms with E-state index in [1.54, 1.807) is 24.3 Å². The van der Waals surface area contributed by atoms with Crippen LogP contribution < -0.4 is 10.6 Å². The quantitative estimate of drug-likeness (QED) is 0.677. The van der Waals surface area contributed by atoms with E-state index >= 15 is 0 Å². The predicted octanol–water partition coefficient (Wildman–Crippen LogP) is 4.52. The second kappa shape index (κ2) is 8.78. The molecule has 1 fully saturated rings. The van der Waals surface area contributed by atoms with E-state index in [-0.39, 0.29) is 18.4 Å². The van der Waals surface area contributed by atoms with E-state index in [0.717, 1.165) is 42.4 Å². The van der Waals surface area contributed by atoms with Gasteiger partial charge in [0, 0.05) is 35.4 Å². The number of amides is 2. The van der Waals surface area contributed by atoms with Crippen molar-refractivity contribution < 1.29 is 9.59 Å². The van der Waals surface area contributed by atoms with E-state index in [1.807, 2.05) is 47.4 Å². The summed E-state index contributed by atoms with van der Waals surface area (Å²) in [6, 6.07) is 21.2. The lowest BCUT2D eigenvalue weighted by Crippen LogP contribution is -2.35. The molecule has 148 valence electrons. The van der Waals surface area contributed by atoms with E-state index in [2.05, 4.69) is 10.6 Å². The fourth-order valence-electron chi connectivity index (χ4n) is 3.74. The molecule has 0 saturated carbocycles. The monoisotopic (exact) mass is 387 g/mol. The van der Waals surface area contributed by atoms with E-state index in [0.29, 0.717) is 11.3 Å². The number of hydrogen-bond acceptors (Lipinski definition) is 3. The minimum absolute atomic E-state index is 0.0696. The van der Waals surface area contributed by atoms with Crippen LogP contribution in [-0.4, -0.2) is 36.3 Å². The average molecular weight is 387 g/mol. The fraction of sp³-hybridized carbons (Fsp3) is 0.250. The summed E-state index contributed by atoms with van der Waals surface area (Å²) in [6.07, 6.45) is 3.34. The van der Waals surface area contributed by atoms with Gasteiger partial charge in [-0.2, -0.15) is 0 Å². The summed E-state index contributed by atoms with van der Waals surface area (Å²) >= 11 is 0. The summed E-state index contributed by atoms with van der Waals surface area (Å²) in [6.45, 7) is 1.83. The number of benzene rings is 3. The fourth-order valence-corrected chi connectivity index (χ4v) is 3.74. The van der Waals surface area contributed by atoms with Gasteiger partial charge in [0.25, 0.3) is 5.91 Å². The summed E-state index contributed by atoms with van der Waals surface area (Å²) in [5.41, 5.74) is 2.28. The van der Waals surface area contributed by atoms with Crippen LogP contribution in [0.5, 0.6) is 0 Å². The molecule has 29 heavy (non-hydrogen) atoms. The standard InChI is InChI=1S/C24H25N3O2/c28-23(17-25-22-10-6-8-18-7-2-3-9-21(18)22)26-20-13-11-19(12-14-20)24(29)27-15-4-1-5-16-27/h2-3,6-14,25H,1,4-5,15-17H2,(H,26,28). The Kier molecular flexibility index (Phi) is 5.75. The Morgan fingerprint density at radius 2 is 1.55 bits per heavy atom. The number of nitrogens with zero attached hydrogens (tertiary/aromatic N) is 1. The van der Waals surface area contributed by atoms with Crippen LogP contribution in [-0.2, 0) is 4.79 Å². The molecule has 1 aliphatic heterocycles. The van der Waals surface area contributed by atoms with Gasteiger partial charge in [-0.15, -0.1) is 0 Å². The van der Waals surface area contributed by atoms with Gasteiger partial charge in [-0.05, 0) is 55.0 Å². The molecule has 1 heterocycles. The molecule has 5 nitrogen and oxygen atoms in total. The Morgan fingerprint density at radius 3 is 2.34 bits per heavy atom. The molecule has 3 aromatic rings. The van der Waals surface area contributed by atoms with Crippen molar-refractivity contribution in [1.82, 2.24) is 4.90 Å². The van der Waals surface area contributed by atoms with Crippen molar-refractivity contribution in [3.05, 3.63) is 72.3 Å². The first-order valence-corrected chi connectivity index (χ1v) is 10.1. The molecule has 0 spiro atoms. The Bertz CT molecular complexity index is 1000. The van der Waals surface area contributed by atoms with E-state index in [9.17, 15) is 9.59 Å². The molecule has 0 aliphatic carbocycles. The maximum absolute atomic E-state index is 12.5. The summed E-state index contributed by atoms with van der Waals surface area (Å²) in [4.78, 5) is 26.8. The van der Waals surface area contributed by atoms with Gasteiger partial charge in [-0.25, -0.2) is 0 Å². The molecule has 3 aromatic carbocycles. The van der Waals surface area contributed by atoms with Crippen molar-refractivity contribution in [1.29, 1.82) is 0 Å². The number of carbonyl (C=O) groups excluding carboxylic acids is 2. The minimum Gasteiger partial charge on any atom is -0.376 e. The van der Waals surface area contributed by atoms with Crippen molar-refractivity contribution in [2.75, 3.05) is 30.3 Å². The largest absolute Gasteiger partial charge is 0.376 e. The van der Waals surface area contributed by atoms with Crippen molar-refractivity contribution >= 4 is 34.0 Å². The maximum atomic E-state index is 12.5. The lowest BCUT2D eigenvalue weighted by molar-refractivity contribution is -0.114. The van der Waals surface area contributed by atoms with E-state index in [1.165, 1.54) is 6.42 Å². The zero-order valence-electron chi connectivity index (χ0n) is 16.4. The van der Waals surface area contributed by atoms with Crippen LogP contribution >= 0.6 is 0 Å². The summed E-state index contributed by atoms with van der Waals surface area (Å²) in [7, 11) is 0. The number of hydrogen-bond donors (Lipinski definition) is 2. The number of likely N-dealkylation sites (tertiary alicyclic amines) is 1. The van der Waals surface area contributed by atoms with E-state index in [4.69, 9.17) is 0 Å². The van der Waals surface area contributed by atoms with Crippen molar-refractivity contribution in [2.45, 2.75) is 19.3 Å². The van der Waals surface area contributed by atoms with Gasteiger partial charge >= 0.3 is 0 Å². The number of carbonyl (C=O) groups is 2. The van der Waals surface area contributed by atoms with Gasteiger partial charge in [0.2, 0.25) is 5.91 Å². The van der Waals surface area contributed by atoms with Crippen LogP contribution in [0.2, 0.25) is 0 Å². The first-order chi connectivity index (χ1) is 14.2.